The van der Waals surface area contributed by atoms with E-state index < -0.39 is 0 Å². The van der Waals surface area contributed by atoms with Gasteiger partial charge in [-0.3, -0.25) is 9.59 Å². The molecule has 24 heavy (non-hydrogen) atoms. The summed E-state index contributed by atoms with van der Waals surface area (Å²) in [6.07, 6.45) is 2.17. The van der Waals surface area contributed by atoms with Crippen LogP contribution in [0.4, 0.5) is 5.69 Å². The number of rotatable bonds is 6. The van der Waals surface area contributed by atoms with Crippen LogP contribution in [0, 0.1) is 5.92 Å². The third kappa shape index (κ3) is 4.73. The quantitative estimate of drug-likeness (QED) is 0.872. The van der Waals surface area contributed by atoms with E-state index in [1.807, 2.05) is 43.0 Å². The smallest absolute Gasteiger partial charge is 0.253 e. The number of piperidine rings is 1. The third-order valence-electron chi connectivity index (χ3n) is 4.74. The van der Waals surface area contributed by atoms with Gasteiger partial charge in [0.1, 0.15) is 0 Å². The first-order valence-electron chi connectivity index (χ1n) is 8.96. The third-order valence-corrected chi connectivity index (χ3v) is 4.74. The van der Waals surface area contributed by atoms with Crippen LogP contribution in [-0.4, -0.2) is 54.3 Å². The van der Waals surface area contributed by atoms with Gasteiger partial charge in [0.15, 0.2) is 0 Å². The van der Waals surface area contributed by atoms with Gasteiger partial charge in [-0.25, -0.2) is 0 Å². The molecule has 1 aromatic carbocycles. The first-order valence-corrected chi connectivity index (χ1v) is 8.96. The fourth-order valence-electron chi connectivity index (χ4n) is 3.00. The fraction of sp³-hybridized carbons (Fsp3) is 0.579. The highest BCUT2D eigenvalue weighted by Crippen LogP contribution is 2.17. The number of anilines is 1. The molecular weight excluding hydrogens is 302 g/mol. The molecule has 1 aliphatic rings. The highest BCUT2D eigenvalue weighted by Gasteiger charge is 2.20. The average molecular weight is 331 g/mol. The zero-order valence-electron chi connectivity index (χ0n) is 15.0. The molecule has 0 unspecified atom stereocenters. The molecule has 0 aromatic heterocycles. The van der Waals surface area contributed by atoms with Crippen molar-refractivity contribution in [3.8, 4) is 0 Å². The van der Waals surface area contributed by atoms with E-state index in [1.54, 1.807) is 4.90 Å². The molecule has 1 saturated heterocycles. The van der Waals surface area contributed by atoms with Gasteiger partial charge < -0.3 is 15.1 Å². The summed E-state index contributed by atoms with van der Waals surface area (Å²) in [4.78, 5) is 28.4. The van der Waals surface area contributed by atoms with E-state index in [-0.39, 0.29) is 18.4 Å². The number of likely N-dealkylation sites (tertiary alicyclic amines) is 1. The Hall–Kier alpha value is -2.04. The van der Waals surface area contributed by atoms with E-state index in [0.717, 1.165) is 31.6 Å². The van der Waals surface area contributed by atoms with Crippen molar-refractivity contribution in [2.24, 2.45) is 5.92 Å². The van der Waals surface area contributed by atoms with Crippen molar-refractivity contribution in [3.05, 3.63) is 29.8 Å². The van der Waals surface area contributed by atoms with Crippen molar-refractivity contribution < 1.29 is 9.59 Å². The summed E-state index contributed by atoms with van der Waals surface area (Å²) in [5.41, 5.74) is 1.47. The molecule has 2 amide bonds. The van der Waals surface area contributed by atoms with Gasteiger partial charge >= 0.3 is 0 Å². The van der Waals surface area contributed by atoms with E-state index in [2.05, 4.69) is 12.2 Å². The molecule has 1 N–H and O–H groups in total. The summed E-state index contributed by atoms with van der Waals surface area (Å²) >= 11 is 0. The zero-order valence-corrected chi connectivity index (χ0v) is 15.0. The number of carbonyl (C=O) groups excluding carboxylic acids is 2. The Morgan fingerprint density at radius 1 is 1.21 bits per heavy atom. The van der Waals surface area contributed by atoms with Crippen LogP contribution in [0.25, 0.3) is 0 Å². The van der Waals surface area contributed by atoms with Crippen LogP contribution in [0.2, 0.25) is 0 Å². The molecular formula is C19H29N3O2. The highest BCUT2D eigenvalue weighted by molar-refractivity contribution is 5.95. The maximum absolute atomic E-state index is 12.4. The number of carbonyl (C=O) groups is 2. The number of hydrogen-bond acceptors (Lipinski definition) is 3. The average Bonchev–Trinajstić information content (AvgIpc) is 2.61. The van der Waals surface area contributed by atoms with Gasteiger partial charge in [0.2, 0.25) is 5.91 Å². The van der Waals surface area contributed by atoms with E-state index in [9.17, 15) is 9.59 Å². The minimum absolute atomic E-state index is 0.0278. The van der Waals surface area contributed by atoms with Crippen LogP contribution < -0.4 is 5.32 Å². The Morgan fingerprint density at radius 3 is 2.50 bits per heavy atom. The Labute approximate surface area is 145 Å². The summed E-state index contributed by atoms with van der Waals surface area (Å²) in [6, 6.07) is 7.39. The molecule has 0 spiro atoms. The normalized spacial score (nSPS) is 15.2. The number of nitrogens with zero attached hydrogens (tertiary/aromatic N) is 2. The number of nitrogens with one attached hydrogen (secondary N) is 1. The van der Waals surface area contributed by atoms with Crippen molar-refractivity contribution in [1.29, 1.82) is 0 Å². The monoisotopic (exact) mass is 331 g/mol. The molecule has 1 aliphatic heterocycles. The van der Waals surface area contributed by atoms with Gasteiger partial charge in [-0.15, -0.1) is 0 Å². The SMILES string of the molecule is CCN(CC)C(=O)c1cccc(NCC(=O)N2CCC(C)CC2)c1. The summed E-state index contributed by atoms with van der Waals surface area (Å²) in [5.74, 6) is 0.868. The second kappa shape index (κ2) is 8.71. The van der Waals surface area contributed by atoms with Gasteiger partial charge in [0, 0.05) is 37.4 Å². The second-order valence-electron chi connectivity index (χ2n) is 6.48. The molecule has 5 heteroatoms. The minimum atomic E-state index is 0.0278. The number of amides is 2. The lowest BCUT2D eigenvalue weighted by Crippen LogP contribution is -2.40. The van der Waals surface area contributed by atoms with Crippen molar-refractivity contribution in [2.45, 2.75) is 33.6 Å². The molecule has 1 fully saturated rings. The standard InChI is InChI=1S/C19H29N3O2/c1-4-21(5-2)19(24)16-7-6-8-17(13-16)20-14-18(23)22-11-9-15(3)10-12-22/h6-8,13,15,20H,4-5,9-12,14H2,1-3H3. The molecule has 0 radical (unpaired) electrons. The summed E-state index contributed by atoms with van der Waals surface area (Å²) in [6.45, 7) is 9.54. The van der Waals surface area contributed by atoms with Crippen molar-refractivity contribution >= 4 is 17.5 Å². The fourth-order valence-corrected chi connectivity index (χ4v) is 3.00. The van der Waals surface area contributed by atoms with E-state index in [4.69, 9.17) is 0 Å². The van der Waals surface area contributed by atoms with Crippen molar-refractivity contribution in [3.63, 3.8) is 0 Å². The highest BCUT2D eigenvalue weighted by atomic mass is 16.2. The van der Waals surface area contributed by atoms with Gasteiger partial charge in [-0.1, -0.05) is 13.0 Å². The number of benzene rings is 1. The number of hydrogen-bond donors (Lipinski definition) is 1. The molecule has 0 atom stereocenters. The van der Waals surface area contributed by atoms with Gasteiger partial charge in [0.25, 0.3) is 5.91 Å². The van der Waals surface area contributed by atoms with Crippen LogP contribution in [0.1, 0.15) is 44.0 Å². The Kier molecular flexibility index (Phi) is 6.64. The second-order valence-corrected chi connectivity index (χ2v) is 6.48. The van der Waals surface area contributed by atoms with E-state index in [1.165, 1.54) is 0 Å². The van der Waals surface area contributed by atoms with Crippen molar-refractivity contribution in [2.75, 3.05) is 38.0 Å². The topological polar surface area (TPSA) is 52.7 Å². The van der Waals surface area contributed by atoms with Gasteiger partial charge in [-0.2, -0.15) is 0 Å². The lowest BCUT2D eigenvalue weighted by Gasteiger charge is -2.30. The molecule has 0 bridgehead atoms. The maximum Gasteiger partial charge on any atom is 0.253 e. The Balaban J connectivity index is 1.92. The maximum atomic E-state index is 12.4. The zero-order chi connectivity index (χ0) is 17.5. The van der Waals surface area contributed by atoms with E-state index in [0.29, 0.717) is 24.6 Å². The van der Waals surface area contributed by atoms with Crippen LogP contribution in [0.5, 0.6) is 0 Å². The Bertz CT molecular complexity index is 561. The molecule has 132 valence electrons. The molecule has 0 aliphatic carbocycles. The lowest BCUT2D eigenvalue weighted by molar-refractivity contribution is -0.130. The predicted octanol–water partition coefficient (Wildman–Crippen LogP) is 2.84. The van der Waals surface area contributed by atoms with E-state index >= 15 is 0 Å². The molecule has 1 heterocycles. The van der Waals surface area contributed by atoms with Crippen LogP contribution in [0.15, 0.2) is 24.3 Å². The van der Waals surface area contributed by atoms with Crippen LogP contribution >= 0.6 is 0 Å². The summed E-state index contributed by atoms with van der Waals surface area (Å²) in [5, 5.41) is 3.16. The van der Waals surface area contributed by atoms with Crippen molar-refractivity contribution in [1.82, 2.24) is 9.80 Å². The molecule has 2 rings (SSSR count). The van der Waals surface area contributed by atoms with Crippen LogP contribution in [0.3, 0.4) is 0 Å². The molecule has 1 aromatic rings. The molecule has 0 saturated carbocycles. The summed E-state index contributed by atoms with van der Waals surface area (Å²) in [7, 11) is 0. The van der Waals surface area contributed by atoms with Crippen LogP contribution in [-0.2, 0) is 4.79 Å². The first-order chi connectivity index (χ1) is 11.5. The molecule has 5 nitrogen and oxygen atoms in total. The minimum Gasteiger partial charge on any atom is -0.376 e. The van der Waals surface area contributed by atoms with Gasteiger partial charge in [0.05, 0.1) is 6.54 Å². The Morgan fingerprint density at radius 2 is 1.88 bits per heavy atom. The van der Waals surface area contributed by atoms with Gasteiger partial charge in [-0.05, 0) is 50.8 Å². The predicted molar refractivity (Wildman–Crippen MR) is 97.2 cm³/mol. The summed E-state index contributed by atoms with van der Waals surface area (Å²) < 4.78 is 0. The largest absolute Gasteiger partial charge is 0.376 e. The lowest BCUT2D eigenvalue weighted by atomic mass is 9.99. The first kappa shape index (κ1) is 18.3.